The van der Waals surface area contributed by atoms with Gasteiger partial charge in [-0.1, -0.05) is 42.5 Å². The van der Waals surface area contributed by atoms with Crippen LogP contribution in [0.2, 0.25) is 0 Å². The van der Waals surface area contributed by atoms with E-state index in [1.54, 1.807) is 18.2 Å². The Balaban J connectivity index is 1.78. The number of sulfonamides is 1. The number of nitrogens with zero attached hydrogens (tertiary/aromatic N) is 1. The second-order valence-electron chi connectivity index (χ2n) is 7.34. The van der Waals surface area contributed by atoms with Crippen molar-refractivity contribution in [1.82, 2.24) is 4.31 Å². The van der Waals surface area contributed by atoms with Crippen molar-refractivity contribution < 1.29 is 32.2 Å². The summed E-state index contributed by atoms with van der Waals surface area (Å²) in [5.41, 5.74) is 1.11. The average Bonchev–Trinajstić information content (AvgIpc) is 2.87. The molecule has 0 aromatic heterocycles. The first-order valence-electron chi connectivity index (χ1n) is 10.3. The molecule has 0 aliphatic rings. The van der Waals surface area contributed by atoms with E-state index in [1.807, 2.05) is 30.3 Å². The summed E-state index contributed by atoms with van der Waals surface area (Å²) < 4.78 is 43.1. The molecular weight excluding hydrogens is 458 g/mol. The Morgan fingerprint density at radius 3 is 2.26 bits per heavy atom. The quantitative estimate of drug-likeness (QED) is 0.321. The maximum absolute atomic E-state index is 13.2. The van der Waals surface area contributed by atoms with Gasteiger partial charge < -0.3 is 14.2 Å². The molecule has 0 fully saturated rings. The summed E-state index contributed by atoms with van der Waals surface area (Å²) in [5.74, 6) is -0.664. The number of rotatable bonds is 10. The molecule has 0 unspecified atom stereocenters. The van der Waals surface area contributed by atoms with Crippen LogP contribution in [0, 0.1) is 0 Å². The first kappa shape index (κ1) is 24.9. The molecule has 8 nitrogen and oxygen atoms in total. The van der Waals surface area contributed by atoms with E-state index in [-0.39, 0.29) is 22.8 Å². The first-order valence-corrected chi connectivity index (χ1v) is 11.7. The molecule has 0 radical (unpaired) electrons. The van der Waals surface area contributed by atoms with Crippen molar-refractivity contribution in [3.8, 4) is 11.5 Å². The summed E-state index contributed by atoms with van der Waals surface area (Å²) in [6, 6.07) is 19.5. The van der Waals surface area contributed by atoms with Gasteiger partial charge in [-0.15, -0.1) is 0 Å². The summed E-state index contributed by atoms with van der Waals surface area (Å²) in [5, 5.41) is 0. The van der Waals surface area contributed by atoms with Gasteiger partial charge in [0.1, 0.15) is 16.4 Å². The van der Waals surface area contributed by atoms with Crippen LogP contribution in [-0.2, 0) is 21.3 Å². The number of ketones is 1. The van der Waals surface area contributed by atoms with Gasteiger partial charge in [0.15, 0.2) is 12.4 Å². The molecule has 0 saturated carbocycles. The van der Waals surface area contributed by atoms with Gasteiger partial charge in [0, 0.05) is 19.2 Å². The molecule has 3 aromatic rings. The minimum absolute atomic E-state index is 0.0223. The third kappa shape index (κ3) is 5.81. The second kappa shape index (κ2) is 11.0. The second-order valence-corrected chi connectivity index (χ2v) is 9.36. The van der Waals surface area contributed by atoms with Gasteiger partial charge in [-0.25, -0.2) is 13.2 Å². The molecule has 0 atom stereocenters. The first-order chi connectivity index (χ1) is 16.3. The van der Waals surface area contributed by atoms with Crippen LogP contribution < -0.4 is 9.47 Å². The molecule has 0 N–H and O–H groups in total. The van der Waals surface area contributed by atoms with Crippen molar-refractivity contribution in [2.45, 2.75) is 11.4 Å². The lowest BCUT2D eigenvalue weighted by Gasteiger charge is -2.19. The highest BCUT2D eigenvalue weighted by atomic mass is 32.2. The van der Waals surface area contributed by atoms with E-state index in [2.05, 4.69) is 0 Å². The van der Waals surface area contributed by atoms with Crippen LogP contribution in [0.1, 0.15) is 26.3 Å². The van der Waals surface area contributed by atoms with E-state index < -0.39 is 28.4 Å². The zero-order valence-corrected chi connectivity index (χ0v) is 19.9. The zero-order valence-electron chi connectivity index (χ0n) is 19.1. The van der Waals surface area contributed by atoms with Crippen LogP contribution in [0.4, 0.5) is 0 Å². The highest BCUT2D eigenvalue weighted by Gasteiger charge is 2.27. The minimum atomic E-state index is -4.00. The Hall–Kier alpha value is -3.69. The van der Waals surface area contributed by atoms with Gasteiger partial charge in [0.25, 0.3) is 0 Å². The number of ether oxygens (including phenoxy) is 3. The summed E-state index contributed by atoms with van der Waals surface area (Å²) in [7, 11) is 0.272. The number of hydrogen-bond acceptors (Lipinski definition) is 7. The maximum atomic E-state index is 13.2. The van der Waals surface area contributed by atoms with Crippen LogP contribution in [0.15, 0.2) is 77.7 Å². The van der Waals surface area contributed by atoms with Crippen LogP contribution >= 0.6 is 0 Å². The van der Waals surface area contributed by atoms with Crippen molar-refractivity contribution in [2.75, 3.05) is 27.9 Å². The third-order valence-corrected chi connectivity index (χ3v) is 6.89. The topological polar surface area (TPSA) is 99.2 Å². The number of Topliss-reactive ketones (excluding diaryl/α,β-unsaturated/α-hetero) is 1. The third-order valence-electron chi connectivity index (χ3n) is 5.06. The molecule has 0 heterocycles. The predicted octanol–water partition coefficient (Wildman–Crippen LogP) is 3.56. The molecular formula is C25H25NO7S. The number of carbonyl (C=O) groups is 2. The number of methoxy groups -OCH3 is 2. The van der Waals surface area contributed by atoms with Crippen LogP contribution in [0.3, 0.4) is 0 Å². The van der Waals surface area contributed by atoms with E-state index >= 15 is 0 Å². The molecule has 9 heteroatoms. The van der Waals surface area contributed by atoms with E-state index in [1.165, 1.54) is 49.8 Å². The van der Waals surface area contributed by atoms with Gasteiger partial charge in [-0.3, -0.25) is 4.79 Å². The van der Waals surface area contributed by atoms with Gasteiger partial charge in [0.2, 0.25) is 10.0 Å². The zero-order chi connectivity index (χ0) is 24.7. The van der Waals surface area contributed by atoms with Crippen LogP contribution in [0.25, 0.3) is 0 Å². The molecule has 34 heavy (non-hydrogen) atoms. The Bertz CT molecular complexity index is 1270. The lowest BCUT2D eigenvalue weighted by atomic mass is 10.1. The fourth-order valence-electron chi connectivity index (χ4n) is 3.19. The van der Waals surface area contributed by atoms with E-state index in [4.69, 9.17) is 14.2 Å². The predicted molar refractivity (Wildman–Crippen MR) is 126 cm³/mol. The van der Waals surface area contributed by atoms with Gasteiger partial charge >= 0.3 is 5.97 Å². The summed E-state index contributed by atoms with van der Waals surface area (Å²) >= 11 is 0. The van der Waals surface area contributed by atoms with Gasteiger partial charge in [-0.05, 0) is 35.9 Å². The molecule has 0 saturated heterocycles. The van der Waals surface area contributed by atoms with Crippen molar-refractivity contribution in [2.24, 2.45) is 0 Å². The largest absolute Gasteiger partial charge is 0.497 e. The van der Waals surface area contributed by atoms with Crippen LogP contribution in [-0.4, -0.2) is 52.3 Å². The van der Waals surface area contributed by atoms with Crippen LogP contribution in [0.5, 0.6) is 11.5 Å². The molecule has 0 bridgehead atoms. The summed E-state index contributed by atoms with van der Waals surface area (Å²) in [4.78, 5) is 24.8. The van der Waals surface area contributed by atoms with E-state index in [9.17, 15) is 18.0 Å². The molecule has 0 spiro atoms. The average molecular weight is 484 g/mol. The normalized spacial score (nSPS) is 11.2. The van der Waals surface area contributed by atoms with E-state index in [0.717, 1.165) is 5.56 Å². The molecule has 0 amide bonds. The van der Waals surface area contributed by atoms with E-state index in [0.29, 0.717) is 11.3 Å². The standard InChI is InChI=1S/C25H25NO7S/c1-26(16-18-8-5-4-6-9-18)34(29,30)24-15-20(12-13-23(24)32-3)25(28)33-17-22(27)19-10-7-11-21(14-19)31-2/h4-15H,16-17H2,1-3H3. The summed E-state index contributed by atoms with van der Waals surface area (Å²) in [6.07, 6.45) is 0. The SMILES string of the molecule is COc1cccc(C(=O)COC(=O)c2ccc(OC)c(S(=O)(=O)N(C)Cc3ccccc3)c2)c1. The minimum Gasteiger partial charge on any atom is -0.497 e. The Morgan fingerprint density at radius 1 is 0.853 bits per heavy atom. The van der Waals surface area contributed by atoms with Crippen molar-refractivity contribution in [3.05, 3.63) is 89.5 Å². The fraction of sp³-hybridized carbons (Fsp3) is 0.200. The molecule has 178 valence electrons. The number of esters is 1. The van der Waals surface area contributed by atoms with Crippen molar-refractivity contribution in [3.63, 3.8) is 0 Å². The van der Waals surface area contributed by atoms with Crippen molar-refractivity contribution in [1.29, 1.82) is 0 Å². The number of hydrogen-bond donors (Lipinski definition) is 0. The number of benzene rings is 3. The smallest absolute Gasteiger partial charge is 0.338 e. The van der Waals surface area contributed by atoms with Gasteiger partial charge in [-0.2, -0.15) is 4.31 Å². The number of carbonyl (C=O) groups excluding carboxylic acids is 2. The Kier molecular flexibility index (Phi) is 8.04. The lowest BCUT2D eigenvalue weighted by Crippen LogP contribution is -2.27. The Labute approximate surface area is 198 Å². The Morgan fingerprint density at radius 2 is 1.59 bits per heavy atom. The summed E-state index contributed by atoms with van der Waals surface area (Å²) in [6.45, 7) is -0.371. The monoisotopic (exact) mass is 483 g/mol. The lowest BCUT2D eigenvalue weighted by molar-refractivity contribution is 0.0474. The van der Waals surface area contributed by atoms with Crippen molar-refractivity contribution >= 4 is 21.8 Å². The molecule has 3 aromatic carbocycles. The fourth-order valence-corrected chi connectivity index (χ4v) is 4.53. The molecule has 0 aliphatic carbocycles. The molecule has 0 aliphatic heterocycles. The highest BCUT2D eigenvalue weighted by molar-refractivity contribution is 7.89. The van der Waals surface area contributed by atoms with Gasteiger partial charge in [0.05, 0.1) is 19.8 Å². The maximum Gasteiger partial charge on any atom is 0.338 e. The molecule has 3 rings (SSSR count). The highest BCUT2D eigenvalue weighted by Crippen LogP contribution is 2.28.